The van der Waals surface area contributed by atoms with E-state index < -0.39 is 15.9 Å². The van der Waals surface area contributed by atoms with Crippen LogP contribution >= 0.6 is 0 Å². The van der Waals surface area contributed by atoms with Crippen molar-refractivity contribution in [1.29, 1.82) is 0 Å². The van der Waals surface area contributed by atoms with E-state index in [1.54, 1.807) is 18.3 Å². The van der Waals surface area contributed by atoms with E-state index in [9.17, 15) is 8.42 Å². The number of hydrogen-bond donors (Lipinski definition) is 1. The van der Waals surface area contributed by atoms with E-state index in [4.69, 9.17) is 9.29 Å². The summed E-state index contributed by atoms with van der Waals surface area (Å²) in [5.74, 6) is 0.0631. The maximum Gasteiger partial charge on any atom is 0.268 e. The maximum atomic E-state index is 10.3. The molecule has 0 aromatic carbocycles. The molecule has 0 saturated heterocycles. The summed E-state index contributed by atoms with van der Waals surface area (Å²) >= 11 is 0. The Kier molecular flexibility index (Phi) is 3.21. The first-order valence-corrected chi connectivity index (χ1v) is 5.17. The van der Waals surface area contributed by atoms with Crippen molar-refractivity contribution in [3.63, 3.8) is 0 Å². The predicted octanol–water partition coefficient (Wildman–Crippen LogP) is 0.348. The summed E-state index contributed by atoms with van der Waals surface area (Å²) < 4.78 is 33.9. The molecule has 5 nitrogen and oxygen atoms in total. The molecule has 0 amide bonds. The van der Waals surface area contributed by atoms with Crippen molar-refractivity contribution < 1.29 is 17.7 Å². The lowest BCUT2D eigenvalue weighted by Gasteiger charge is -2.02. The third-order valence-electron chi connectivity index (χ3n) is 1.24. The minimum atomic E-state index is -3.94. The van der Waals surface area contributed by atoms with Gasteiger partial charge in [-0.1, -0.05) is 0 Å². The molecule has 0 unspecified atom stereocenters. The summed E-state index contributed by atoms with van der Waals surface area (Å²) in [4.78, 5) is 3.76. The molecule has 1 N–H and O–H groups in total. The SMILES string of the molecule is O=S(=O)(O)CCOc1cccnc1. The van der Waals surface area contributed by atoms with Gasteiger partial charge in [0.2, 0.25) is 0 Å². The van der Waals surface area contributed by atoms with Gasteiger partial charge in [0.15, 0.2) is 0 Å². The van der Waals surface area contributed by atoms with Crippen LogP contribution in [0.2, 0.25) is 0 Å². The van der Waals surface area contributed by atoms with Crippen LogP contribution in [0, 0.1) is 0 Å². The van der Waals surface area contributed by atoms with Crippen molar-refractivity contribution in [2.45, 2.75) is 0 Å². The predicted molar refractivity (Wildman–Crippen MR) is 46.1 cm³/mol. The minimum Gasteiger partial charge on any atom is -0.491 e. The van der Waals surface area contributed by atoms with Crippen LogP contribution in [0.5, 0.6) is 5.75 Å². The standard InChI is InChI=1S/C7H9NO4S/c9-13(10,11)5-4-12-7-2-1-3-8-6-7/h1-3,6H,4-5H2,(H,9,10,11). The summed E-state index contributed by atoms with van der Waals surface area (Å²) in [5.41, 5.74) is 0. The first-order valence-electron chi connectivity index (χ1n) is 3.56. The fourth-order valence-corrected chi connectivity index (χ4v) is 0.991. The average Bonchev–Trinajstić information content (AvgIpc) is 2.04. The molecular formula is C7H9NO4S. The third-order valence-corrected chi connectivity index (χ3v) is 1.93. The molecule has 0 bridgehead atoms. The number of ether oxygens (including phenoxy) is 1. The fourth-order valence-electron chi connectivity index (χ4n) is 0.697. The number of aromatic nitrogens is 1. The van der Waals surface area contributed by atoms with Gasteiger partial charge >= 0.3 is 0 Å². The van der Waals surface area contributed by atoms with E-state index >= 15 is 0 Å². The molecule has 0 aliphatic rings. The zero-order valence-corrected chi connectivity index (χ0v) is 7.57. The van der Waals surface area contributed by atoms with Gasteiger partial charge in [0.1, 0.15) is 18.1 Å². The minimum absolute atomic E-state index is 0.0788. The molecule has 1 aromatic heterocycles. The average molecular weight is 203 g/mol. The molecule has 1 heterocycles. The van der Waals surface area contributed by atoms with Gasteiger partial charge in [0.05, 0.1) is 6.20 Å². The van der Waals surface area contributed by atoms with Gasteiger partial charge in [-0.05, 0) is 12.1 Å². The highest BCUT2D eigenvalue weighted by atomic mass is 32.2. The summed E-state index contributed by atoms with van der Waals surface area (Å²) in [6, 6.07) is 3.32. The monoisotopic (exact) mass is 203 g/mol. The molecule has 0 atom stereocenters. The van der Waals surface area contributed by atoms with Crippen LogP contribution in [-0.4, -0.2) is 30.3 Å². The zero-order valence-electron chi connectivity index (χ0n) is 6.75. The second kappa shape index (κ2) is 4.20. The molecule has 13 heavy (non-hydrogen) atoms. The highest BCUT2D eigenvalue weighted by molar-refractivity contribution is 7.85. The van der Waals surface area contributed by atoms with Gasteiger partial charge in [-0.2, -0.15) is 8.42 Å². The summed E-state index contributed by atoms with van der Waals surface area (Å²) in [6.07, 6.45) is 3.04. The van der Waals surface area contributed by atoms with E-state index in [0.29, 0.717) is 5.75 Å². The second-order valence-corrected chi connectivity index (χ2v) is 3.90. The van der Waals surface area contributed by atoms with Crippen LogP contribution < -0.4 is 4.74 Å². The summed E-state index contributed by atoms with van der Waals surface area (Å²) in [6.45, 7) is -0.0788. The van der Waals surface area contributed by atoms with Gasteiger partial charge in [-0.25, -0.2) is 0 Å². The summed E-state index contributed by atoms with van der Waals surface area (Å²) in [5, 5.41) is 0. The van der Waals surface area contributed by atoms with Crippen molar-refractivity contribution in [3.05, 3.63) is 24.5 Å². The van der Waals surface area contributed by atoms with E-state index in [-0.39, 0.29) is 6.61 Å². The number of nitrogens with zero attached hydrogens (tertiary/aromatic N) is 1. The molecule has 6 heteroatoms. The van der Waals surface area contributed by atoms with Crippen molar-refractivity contribution in [2.75, 3.05) is 12.4 Å². The molecule has 1 rings (SSSR count). The number of rotatable bonds is 4. The van der Waals surface area contributed by atoms with E-state index in [1.807, 2.05) is 0 Å². The molecule has 0 radical (unpaired) electrons. The lowest BCUT2D eigenvalue weighted by molar-refractivity contribution is 0.334. The van der Waals surface area contributed by atoms with Gasteiger partial charge in [-0.3, -0.25) is 9.54 Å². The Labute approximate surface area is 76.1 Å². The molecule has 0 aliphatic heterocycles. The van der Waals surface area contributed by atoms with Crippen LogP contribution in [0.15, 0.2) is 24.5 Å². The number of hydrogen-bond acceptors (Lipinski definition) is 4. The first-order chi connectivity index (χ1) is 6.08. The molecule has 0 saturated carbocycles. The quantitative estimate of drug-likeness (QED) is 0.714. The Morgan fingerprint density at radius 2 is 2.31 bits per heavy atom. The van der Waals surface area contributed by atoms with Crippen molar-refractivity contribution in [1.82, 2.24) is 4.98 Å². The van der Waals surface area contributed by atoms with Crippen molar-refractivity contribution in [3.8, 4) is 5.75 Å². The van der Waals surface area contributed by atoms with E-state index in [1.165, 1.54) is 6.20 Å². The lowest BCUT2D eigenvalue weighted by atomic mass is 10.5. The largest absolute Gasteiger partial charge is 0.491 e. The van der Waals surface area contributed by atoms with Crippen LogP contribution in [0.4, 0.5) is 0 Å². The molecule has 0 fully saturated rings. The van der Waals surface area contributed by atoms with Gasteiger partial charge in [0, 0.05) is 6.20 Å². The fraction of sp³-hybridized carbons (Fsp3) is 0.286. The van der Waals surface area contributed by atoms with Gasteiger partial charge in [-0.15, -0.1) is 0 Å². The van der Waals surface area contributed by atoms with Gasteiger partial charge in [0.25, 0.3) is 10.1 Å². The lowest BCUT2D eigenvalue weighted by Crippen LogP contribution is -2.12. The highest BCUT2D eigenvalue weighted by Crippen LogP contribution is 2.05. The van der Waals surface area contributed by atoms with E-state index in [0.717, 1.165) is 0 Å². The smallest absolute Gasteiger partial charge is 0.268 e. The Bertz CT molecular complexity index is 348. The van der Waals surface area contributed by atoms with E-state index in [2.05, 4.69) is 4.98 Å². The highest BCUT2D eigenvalue weighted by Gasteiger charge is 2.03. The Morgan fingerprint density at radius 3 is 2.85 bits per heavy atom. The van der Waals surface area contributed by atoms with Crippen LogP contribution in [0.25, 0.3) is 0 Å². The maximum absolute atomic E-state index is 10.3. The van der Waals surface area contributed by atoms with Gasteiger partial charge < -0.3 is 4.74 Å². The normalized spacial score (nSPS) is 11.2. The third kappa shape index (κ3) is 4.44. The first kappa shape index (κ1) is 9.94. The van der Waals surface area contributed by atoms with Crippen LogP contribution in [0.3, 0.4) is 0 Å². The van der Waals surface area contributed by atoms with Crippen LogP contribution in [0.1, 0.15) is 0 Å². The number of pyridine rings is 1. The van der Waals surface area contributed by atoms with Crippen molar-refractivity contribution >= 4 is 10.1 Å². The Balaban J connectivity index is 2.37. The topological polar surface area (TPSA) is 76.5 Å². The summed E-state index contributed by atoms with van der Waals surface area (Å²) in [7, 11) is -3.94. The molecule has 0 spiro atoms. The molecule has 72 valence electrons. The van der Waals surface area contributed by atoms with Crippen molar-refractivity contribution in [2.24, 2.45) is 0 Å². The zero-order chi connectivity index (χ0) is 9.73. The molecular weight excluding hydrogens is 194 g/mol. The molecule has 0 aliphatic carbocycles. The second-order valence-electron chi connectivity index (χ2n) is 2.32. The van der Waals surface area contributed by atoms with Crippen LogP contribution in [-0.2, 0) is 10.1 Å². The Hall–Kier alpha value is -1.14. The molecule has 1 aromatic rings. The Morgan fingerprint density at radius 1 is 1.54 bits per heavy atom.